The molecule has 6 nitrogen and oxygen atoms in total. The van der Waals surface area contributed by atoms with Crippen molar-refractivity contribution >= 4 is 34.5 Å². The number of carbonyl (C=O) groups excluding carboxylic acids is 2. The Bertz CT molecular complexity index is 876. The second-order valence-electron chi connectivity index (χ2n) is 7.46. The molecule has 0 spiro atoms. The van der Waals surface area contributed by atoms with Gasteiger partial charge in [-0.15, -0.1) is 11.3 Å². The number of nitrogens with zero attached hydrogens (tertiary/aromatic N) is 2. The van der Waals surface area contributed by atoms with E-state index >= 15 is 0 Å². The maximum absolute atomic E-state index is 12.8. The molecule has 3 rings (SSSR count). The maximum Gasteiger partial charge on any atom is 0.267 e. The number of hydrogen-bond donors (Lipinski definition) is 1. The van der Waals surface area contributed by atoms with Crippen LogP contribution < -0.4 is 15.0 Å². The number of hydrogen-bond acceptors (Lipinski definition) is 5. The SMILES string of the molecule is COc1ccc(NC(=O)c2sc(CC(C)C)nc2C)cc1N1CCCCC1=O. The number of rotatable bonds is 6. The first-order chi connectivity index (χ1) is 13.4. The summed E-state index contributed by atoms with van der Waals surface area (Å²) in [5, 5.41) is 3.93. The van der Waals surface area contributed by atoms with E-state index in [0.717, 1.165) is 30.0 Å². The Morgan fingerprint density at radius 1 is 1.36 bits per heavy atom. The first kappa shape index (κ1) is 20.3. The van der Waals surface area contributed by atoms with E-state index in [0.29, 0.717) is 40.9 Å². The van der Waals surface area contributed by atoms with Crippen LogP contribution in [0.3, 0.4) is 0 Å². The van der Waals surface area contributed by atoms with Gasteiger partial charge in [-0.05, 0) is 43.9 Å². The van der Waals surface area contributed by atoms with Gasteiger partial charge in [0.25, 0.3) is 5.91 Å². The zero-order chi connectivity index (χ0) is 20.3. The van der Waals surface area contributed by atoms with Gasteiger partial charge in [0.1, 0.15) is 10.6 Å². The van der Waals surface area contributed by atoms with Crippen LogP contribution in [0.2, 0.25) is 0 Å². The minimum absolute atomic E-state index is 0.0876. The van der Waals surface area contributed by atoms with Gasteiger partial charge in [0, 0.05) is 25.1 Å². The van der Waals surface area contributed by atoms with Crippen LogP contribution in [0.5, 0.6) is 5.75 Å². The highest BCUT2D eigenvalue weighted by Crippen LogP contribution is 2.34. The minimum Gasteiger partial charge on any atom is -0.495 e. The Kier molecular flexibility index (Phi) is 6.34. The number of thiazole rings is 1. The largest absolute Gasteiger partial charge is 0.495 e. The van der Waals surface area contributed by atoms with Crippen molar-refractivity contribution in [1.82, 2.24) is 4.98 Å². The van der Waals surface area contributed by atoms with E-state index in [1.165, 1.54) is 11.3 Å². The highest BCUT2D eigenvalue weighted by molar-refractivity contribution is 7.13. The highest BCUT2D eigenvalue weighted by Gasteiger charge is 2.23. The average molecular weight is 402 g/mol. The van der Waals surface area contributed by atoms with Crippen LogP contribution in [0.15, 0.2) is 18.2 Å². The van der Waals surface area contributed by atoms with Crippen molar-refractivity contribution in [2.75, 3.05) is 23.9 Å². The predicted molar refractivity (Wildman–Crippen MR) is 113 cm³/mol. The molecule has 7 heteroatoms. The van der Waals surface area contributed by atoms with Gasteiger partial charge in [0.15, 0.2) is 0 Å². The van der Waals surface area contributed by atoms with Gasteiger partial charge in [0.05, 0.1) is 23.5 Å². The Morgan fingerprint density at radius 3 is 2.82 bits per heavy atom. The first-order valence-electron chi connectivity index (χ1n) is 9.65. The van der Waals surface area contributed by atoms with Crippen molar-refractivity contribution in [2.24, 2.45) is 5.92 Å². The van der Waals surface area contributed by atoms with Gasteiger partial charge in [-0.3, -0.25) is 9.59 Å². The van der Waals surface area contributed by atoms with Crippen LogP contribution in [-0.2, 0) is 11.2 Å². The quantitative estimate of drug-likeness (QED) is 0.777. The summed E-state index contributed by atoms with van der Waals surface area (Å²) in [7, 11) is 1.59. The number of ether oxygens (including phenoxy) is 1. The minimum atomic E-state index is -0.175. The Labute approximate surface area is 169 Å². The average Bonchev–Trinajstić information content (AvgIpc) is 3.01. The van der Waals surface area contributed by atoms with Crippen molar-refractivity contribution in [3.63, 3.8) is 0 Å². The number of piperidine rings is 1. The summed E-state index contributed by atoms with van der Waals surface area (Å²) in [6.07, 6.45) is 3.28. The number of carbonyl (C=O) groups is 2. The summed E-state index contributed by atoms with van der Waals surface area (Å²) >= 11 is 1.44. The fourth-order valence-corrected chi connectivity index (χ4v) is 4.50. The summed E-state index contributed by atoms with van der Waals surface area (Å²) < 4.78 is 5.44. The van der Waals surface area contributed by atoms with Gasteiger partial charge >= 0.3 is 0 Å². The number of aryl methyl sites for hydroxylation is 1. The number of amides is 2. The molecule has 0 saturated carbocycles. The van der Waals surface area contributed by atoms with Crippen LogP contribution in [0, 0.1) is 12.8 Å². The van der Waals surface area contributed by atoms with Crippen molar-refractivity contribution in [1.29, 1.82) is 0 Å². The molecule has 0 radical (unpaired) electrons. The fourth-order valence-electron chi connectivity index (χ4n) is 3.33. The molecule has 0 aliphatic carbocycles. The third-order valence-corrected chi connectivity index (χ3v) is 5.86. The third-order valence-electron chi connectivity index (χ3n) is 4.68. The van der Waals surface area contributed by atoms with E-state index in [9.17, 15) is 9.59 Å². The number of nitrogens with one attached hydrogen (secondary N) is 1. The van der Waals surface area contributed by atoms with E-state index in [4.69, 9.17) is 4.74 Å². The van der Waals surface area contributed by atoms with Crippen molar-refractivity contribution < 1.29 is 14.3 Å². The number of aromatic nitrogens is 1. The lowest BCUT2D eigenvalue weighted by molar-refractivity contribution is -0.119. The Hall–Kier alpha value is -2.41. The lowest BCUT2D eigenvalue weighted by Gasteiger charge is -2.28. The predicted octanol–water partition coefficient (Wildman–Crippen LogP) is 4.43. The molecule has 0 unspecified atom stereocenters. The van der Waals surface area contributed by atoms with Crippen LogP contribution in [-0.4, -0.2) is 30.5 Å². The molecule has 0 atom stereocenters. The molecule has 150 valence electrons. The topological polar surface area (TPSA) is 71.5 Å². The molecular formula is C21H27N3O3S. The Morgan fingerprint density at radius 2 is 2.14 bits per heavy atom. The zero-order valence-corrected chi connectivity index (χ0v) is 17.7. The lowest BCUT2D eigenvalue weighted by atomic mass is 10.1. The molecule has 0 bridgehead atoms. The molecule has 1 fully saturated rings. The van der Waals surface area contributed by atoms with Crippen LogP contribution in [0.1, 0.15) is 53.5 Å². The molecule has 2 heterocycles. The summed E-state index contributed by atoms with van der Waals surface area (Å²) in [6.45, 7) is 6.80. The lowest BCUT2D eigenvalue weighted by Crippen LogP contribution is -2.35. The zero-order valence-electron chi connectivity index (χ0n) is 16.9. The van der Waals surface area contributed by atoms with E-state index in [1.807, 2.05) is 13.0 Å². The molecule has 1 N–H and O–H groups in total. The third kappa shape index (κ3) is 4.52. The molecule has 1 aliphatic heterocycles. The highest BCUT2D eigenvalue weighted by atomic mass is 32.1. The number of methoxy groups -OCH3 is 1. The molecule has 1 aromatic carbocycles. The Balaban J connectivity index is 1.82. The first-order valence-corrected chi connectivity index (χ1v) is 10.5. The van der Waals surface area contributed by atoms with Gasteiger partial charge < -0.3 is 15.0 Å². The molecule has 2 amide bonds. The van der Waals surface area contributed by atoms with Crippen LogP contribution >= 0.6 is 11.3 Å². The smallest absolute Gasteiger partial charge is 0.267 e. The molecule has 1 aliphatic rings. The van der Waals surface area contributed by atoms with E-state index in [1.54, 1.807) is 24.1 Å². The monoisotopic (exact) mass is 401 g/mol. The number of anilines is 2. The molecule has 28 heavy (non-hydrogen) atoms. The van der Waals surface area contributed by atoms with E-state index < -0.39 is 0 Å². The van der Waals surface area contributed by atoms with Gasteiger partial charge in [-0.2, -0.15) is 0 Å². The van der Waals surface area contributed by atoms with Crippen molar-refractivity contribution in [3.8, 4) is 5.75 Å². The molecule has 1 aromatic heterocycles. The van der Waals surface area contributed by atoms with E-state index in [-0.39, 0.29) is 11.8 Å². The standard InChI is InChI=1S/C21H27N3O3S/c1-13(2)11-18-22-14(3)20(28-18)21(26)23-15-8-9-17(27-4)16(12-15)24-10-6-5-7-19(24)25/h8-9,12-13H,5-7,10-11H2,1-4H3,(H,23,26). The summed E-state index contributed by atoms with van der Waals surface area (Å²) in [5.41, 5.74) is 2.09. The summed E-state index contributed by atoms with van der Waals surface area (Å²) in [4.78, 5) is 32.0. The summed E-state index contributed by atoms with van der Waals surface area (Å²) in [6, 6.07) is 5.39. The number of benzene rings is 1. The van der Waals surface area contributed by atoms with Crippen molar-refractivity contribution in [2.45, 2.75) is 46.5 Å². The van der Waals surface area contributed by atoms with Gasteiger partial charge in [-0.25, -0.2) is 4.98 Å². The fraction of sp³-hybridized carbons (Fsp3) is 0.476. The van der Waals surface area contributed by atoms with E-state index in [2.05, 4.69) is 24.1 Å². The molecule has 1 saturated heterocycles. The van der Waals surface area contributed by atoms with Gasteiger partial charge in [0.2, 0.25) is 5.91 Å². The second-order valence-corrected chi connectivity index (χ2v) is 8.55. The molecular weight excluding hydrogens is 374 g/mol. The summed E-state index contributed by atoms with van der Waals surface area (Å²) in [5.74, 6) is 1.03. The van der Waals surface area contributed by atoms with Crippen LogP contribution in [0.4, 0.5) is 11.4 Å². The normalized spacial score (nSPS) is 14.5. The molecule has 2 aromatic rings. The maximum atomic E-state index is 12.8. The van der Waals surface area contributed by atoms with Crippen molar-refractivity contribution in [3.05, 3.63) is 33.8 Å². The van der Waals surface area contributed by atoms with Crippen LogP contribution in [0.25, 0.3) is 0 Å². The van der Waals surface area contributed by atoms with Gasteiger partial charge in [-0.1, -0.05) is 13.8 Å². The second kappa shape index (κ2) is 8.73.